The Bertz CT molecular complexity index is 295. The number of hydrogen-bond acceptors (Lipinski definition) is 6. The highest BCUT2D eigenvalue weighted by Gasteiger charge is 2.23. The van der Waals surface area contributed by atoms with E-state index in [9.17, 15) is 4.79 Å². The molecule has 0 bridgehead atoms. The molecule has 1 aliphatic heterocycles. The first-order valence-electron chi connectivity index (χ1n) is 5.44. The second-order valence-corrected chi connectivity index (χ2v) is 3.70. The fourth-order valence-corrected chi connectivity index (χ4v) is 1.48. The molecule has 7 nitrogen and oxygen atoms in total. The number of carboxylic acid groups (broad SMARTS) is 1. The Balaban J connectivity index is 0.000000202. The van der Waals surface area contributed by atoms with E-state index in [4.69, 9.17) is 5.11 Å². The van der Waals surface area contributed by atoms with Gasteiger partial charge < -0.3 is 10.4 Å². The van der Waals surface area contributed by atoms with E-state index in [0.29, 0.717) is 6.54 Å². The zero-order valence-electron chi connectivity index (χ0n) is 9.78. The molecule has 0 amide bonds. The maximum atomic E-state index is 10.6. The van der Waals surface area contributed by atoms with Gasteiger partial charge in [-0.1, -0.05) is 0 Å². The third-order valence-corrected chi connectivity index (χ3v) is 2.43. The van der Waals surface area contributed by atoms with Gasteiger partial charge in [-0.2, -0.15) is 0 Å². The average Bonchev–Trinajstić information content (AvgIpc) is 2.57. The van der Waals surface area contributed by atoms with Crippen LogP contribution in [-0.4, -0.2) is 64.1 Å². The van der Waals surface area contributed by atoms with Gasteiger partial charge in [0, 0.05) is 6.54 Å². The second kappa shape index (κ2) is 7.64. The highest BCUT2D eigenvalue weighted by molar-refractivity contribution is 5.73. The predicted octanol–water partition coefficient (Wildman–Crippen LogP) is -0.764. The van der Waals surface area contributed by atoms with Crippen molar-refractivity contribution in [2.75, 3.05) is 26.7 Å². The van der Waals surface area contributed by atoms with Crippen molar-refractivity contribution in [2.24, 2.45) is 0 Å². The molecule has 0 radical (unpaired) electrons. The molecule has 0 saturated carbocycles. The van der Waals surface area contributed by atoms with Crippen LogP contribution in [0.1, 0.15) is 6.42 Å². The first-order valence-corrected chi connectivity index (χ1v) is 5.44. The maximum absolute atomic E-state index is 10.6. The Kier molecular flexibility index (Phi) is 6.05. The van der Waals surface area contributed by atoms with Crippen molar-refractivity contribution < 1.29 is 9.90 Å². The molecule has 1 aliphatic rings. The van der Waals surface area contributed by atoms with Gasteiger partial charge in [0.25, 0.3) is 0 Å². The molecule has 0 aliphatic carbocycles. The van der Waals surface area contributed by atoms with Crippen molar-refractivity contribution >= 4 is 5.97 Å². The van der Waals surface area contributed by atoms with Crippen LogP contribution in [0.15, 0.2) is 18.5 Å². The van der Waals surface area contributed by atoms with Crippen molar-refractivity contribution in [3.8, 4) is 0 Å². The second-order valence-electron chi connectivity index (χ2n) is 3.70. The Morgan fingerprint density at radius 2 is 2.18 bits per heavy atom. The Labute approximate surface area is 99.8 Å². The number of carbonyl (C=O) groups is 1. The molecule has 1 aromatic rings. The van der Waals surface area contributed by atoms with Crippen LogP contribution < -0.4 is 5.32 Å². The van der Waals surface area contributed by atoms with Crippen LogP contribution in [0, 0.1) is 0 Å². The molecule has 2 rings (SSSR count). The lowest BCUT2D eigenvalue weighted by atomic mass is 10.3. The molecule has 1 unspecified atom stereocenters. The lowest BCUT2D eigenvalue weighted by Gasteiger charge is -2.20. The van der Waals surface area contributed by atoms with Gasteiger partial charge in [-0.25, -0.2) is 0 Å². The molecule has 0 aromatic carbocycles. The van der Waals surface area contributed by atoms with E-state index in [1.54, 1.807) is 18.5 Å². The molecule has 17 heavy (non-hydrogen) atoms. The van der Waals surface area contributed by atoms with E-state index in [2.05, 4.69) is 20.7 Å². The standard InChI is InChI=1S/C7H14N2O2.C3H3N3/c1-9-4-2-3-8-5-6(9)7(10)11;1-2-4-6-5-3-1/h6,8H,2-5H2,1H3,(H,10,11);1-3H. The van der Waals surface area contributed by atoms with Crippen LogP contribution >= 0.6 is 0 Å². The summed E-state index contributed by atoms with van der Waals surface area (Å²) >= 11 is 0. The molecule has 1 aromatic heterocycles. The molecule has 94 valence electrons. The molecule has 2 heterocycles. The molecule has 0 spiro atoms. The van der Waals surface area contributed by atoms with Crippen LogP contribution in [0.2, 0.25) is 0 Å². The highest BCUT2D eigenvalue weighted by atomic mass is 16.4. The summed E-state index contributed by atoms with van der Waals surface area (Å²) in [5, 5.41) is 22.0. The summed E-state index contributed by atoms with van der Waals surface area (Å²) in [4.78, 5) is 12.5. The minimum atomic E-state index is -0.734. The van der Waals surface area contributed by atoms with Crippen molar-refractivity contribution in [2.45, 2.75) is 12.5 Å². The van der Waals surface area contributed by atoms with E-state index >= 15 is 0 Å². The van der Waals surface area contributed by atoms with Gasteiger partial charge in [0.2, 0.25) is 0 Å². The van der Waals surface area contributed by atoms with E-state index in [-0.39, 0.29) is 6.04 Å². The van der Waals surface area contributed by atoms with Gasteiger partial charge in [-0.05, 0) is 37.8 Å². The fourth-order valence-electron chi connectivity index (χ4n) is 1.48. The Hall–Kier alpha value is -1.60. The number of hydrogen-bond donors (Lipinski definition) is 2. The summed E-state index contributed by atoms with van der Waals surface area (Å²) in [6.45, 7) is 2.35. The van der Waals surface area contributed by atoms with Gasteiger partial charge in [-0.3, -0.25) is 9.69 Å². The minimum Gasteiger partial charge on any atom is -0.480 e. The molecule has 1 fully saturated rings. The number of rotatable bonds is 1. The van der Waals surface area contributed by atoms with Gasteiger partial charge in [0.1, 0.15) is 6.04 Å². The Morgan fingerprint density at radius 3 is 2.65 bits per heavy atom. The van der Waals surface area contributed by atoms with Gasteiger partial charge >= 0.3 is 5.97 Å². The molecule has 7 heteroatoms. The summed E-state index contributed by atoms with van der Waals surface area (Å²) in [6.07, 6.45) is 4.18. The van der Waals surface area contributed by atoms with Crippen LogP contribution in [0.3, 0.4) is 0 Å². The predicted molar refractivity (Wildman–Crippen MR) is 61.4 cm³/mol. The smallest absolute Gasteiger partial charge is 0.322 e. The Morgan fingerprint density at radius 1 is 1.47 bits per heavy atom. The van der Waals surface area contributed by atoms with E-state index in [1.165, 1.54) is 0 Å². The SMILES string of the molecule is CN1CCCNCC1C(=O)O.c1cnnnc1. The monoisotopic (exact) mass is 239 g/mol. The number of nitrogens with one attached hydrogen (secondary N) is 1. The van der Waals surface area contributed by atoms with Gasteiger partial charge in [0.05, 0.1) is 12.4 Å². The number of likely N-dealkylation sites (N-methyl/N-ethyl adjacent to an activating group) is 1. The van der Waals surface area contributed by atoms with Crippen molar-refractivity contribution in [3.63, 3.8) is 0 Å². The largest absolute Gasteiger partial charge is 0.480 e. The normalized spacial score (nSPS) is 20.9. The number of aromatic nitrogens is 3. The van der Waals surface area contributed by atoms with Gasteiger partial charge in [0.15, 0.2) is 0 Å². The molecule has 1 saturated heterocycles. The topological polar surface area (TPSA) is 91.2 Å². The summed E-state index contributed by atoms with van der Waals surface area (Å²) in [6, 6.07) is 1.37. The number of nitrogens with zero attached hydrogens (tertiary/aromatic N) is 4. The quantitative estimate of drug-likeness (QED) is 0.665. The highest BCUT2D eigenvalue weighted by Crippen LogP contribution is 2.00. The zero-order valence-corrected chi connectivity index (χ0v) is 9.78. The summed E-state index contributed by atoms with van der Waals surface area (Å²) in [5.74, 6) is -0.734. The van der Waals surface area contributed by atoms with Crippen molar-refractivity contribution in [1.29, 1.82) is 0 Å². The van der Waals surface area contributed by atoms with Crippen LogP contribution in [0.4, 0.5) is 0 Å². The van der Waals surface area contributed by atoms with E-state index < -0.39 is 5.97 Å². The van der Waals surface area contributed by atoms with Crippen LogP contribution in [-0.2, 0) is 4.79 Å². The summed E-state index contributed by atoms with van der Waals surface area (Å²) in [7, 11) is 1.85. The fraction of sp³-hybridized carbons (Fsp3) is 0.600. The molecular weight excluding hydrogens is 222 g/mol. The summed E-state index contributed by atoms with van der Waals surface area (Å²) in [5.41, 5.74) is 0. The lowest BCUT2D eigenvalue weighted by molar-refractivity contribution is -0.142. The molecule has 1 atom stereocenters. The summed E-state index contributed by atoms with van der Waals surface area (Å²) < 4.78 is 0. The first-order chi connectivity index (χ1) is 8.22. The molecule has 2 N–H and O–H groups in total. The van der Waals surface area contributed by atoms with Crippen LogP contribution in [0.25, 0.3) is 0 Å². The average molecular weight is 239 g/mol. The minimum absolute atomic E-state index is 0.350. The number of carboxylic acids is 1. The first kappa shape index (κ1) is 13.5. The van der Waals surface area contributed by atoms with E-state index in [0.717, 1.165) is 19.5 Å². The van der Waals surface area contributed by atoms with Crippen molar-refractivity contribution in [1.82, 2.24) is 25.6 Å². The third kappa shape index (κ3) is 5.32. The molecular formula is C10H17N5O2. The maximum Gasteiger partial charge on any atom is 0.322 e. The third-order valence-electron chi connectivity index (χ3n) is 2.43. The lowest BCUT2D eigenvalue weighted by Crippen LogP contribution is -2.43. The van der Waals surface area contributed by atoms with Gasteiger partial charge in [-0.15, -0.1) is 10.2 Å². The van der Waals surface area contributed by atoms with Crippen molar-refractivity contribution in [3.05, 3.63) is 18.5 Å². The van der Waals surface area contributed by atoms with E-state index in [1.807, 2.05) is 11.9 Å². The number of aliphatic carboxylic acids is 1. The van der Waals surface area contributed by atoms with Crippen LogP contribution in [0.5, 0.6) is 0 Å². The zero-order chi connectivity index (χ0) is 12.5.